The molecule has 0 heterocycles. The van der Waals surface area contributed by atoms with Crippen molar-refractivity contribution in [3.63, 3.8) is 0 Å². The number of carbonyl (C=O) groups excluding carboxylic acids is 8. The molecule has 4 amide bonds. The van der Waals surface area contributed by atoms with E-state index in [2.05, 4.69) is 40.2 Å². The second kappa shape index (κ2) is 39.7. The Kier molecular flexibility index (Phi) is 34.2. The van der Waals surface area contributed by atoms with E-state index in [9.17, 15) is 57.5 Å². The average Bonchev–Trinajstić information content (AvgIpc) is 3.56. The predicted molar refractivity (Wildman–Crippen MR) is 297 cm³/mol. The Labute approximate surface area is 482 Å². The molecule has 0 aromatic heterocycles. The molecule has 28 heteroatoms. The number of hydrogen-bond donors (Lipinski definition) is 12. The zero-order valence-corrected chi connectivity index (χ0v) is 46.5. The number of ether oxygens (including phenoxy) is 4. The molecule has 4 aromatic carbocycles. The first-order valence-corrected chi connectivity index (χ1v) is 25.3. The van der Waals surface area contributed by atoms with Crippen molar-refractivity contribution >= 4 is 71.4 Å². The molecular formula is C56H72N8O20. The largest absolute Gasteiger partial charge is 0.481 e. The van der Waals surface area contributed by atoms with Crippen LogP contribution < -0.4 is 44.2 Å². The number of amides is 4. The summed E-state index contributed by atoms with van der Waals surface area (Å²) in [4.78, 5) is 136. The summed E-state index contributed by atoms with van der Waals surface area (Å²) in [6, 6.07) is 27.7. The van der Waals surface area contributed by atoms with Gasteiger partial charge in [-0.3, -0.25) is 38.4 Å². The van der Waals surface area contributed by atoms with Crippen LogP contribution in [0.3, 0.4) is 0 Å². The lowest BCUT2D eigenvalue weighted by Gasteiger charge is -2.18. The molecule has 0 aliphatic carbocycles. The highest BCUT2D eigenvalue weighted by Gasteiger charge is 2.29. The van der Waals surface area contributed by atoms with Crippen molar-refractivity contribution in [3.8, 4) is 0 Å². The predicted octanol–water partition coefficient (Wildman–Crippen LogP) is -1.24. The van der Waals surface area contributed by atoms with Crippen LogP contribution in [-0.4, -0.2) is 169 Å². The van der Waals surface area contributed by atoms with Gasteiger partial charge in [-0.2, -0.15) is 0 Å². The van der Waals surface area contributed by atoms with E-state index in [0.29, 0.717) is 0 Å². The number of rotatable bonds is 28. The number of esters is 4. The zero-order chi connectivity index (χ0) is 63.3. The molecule has 4 rings (SSSR count). The van der Waals surface area contributed by atoms with Crippen LogP contribution >= 0.6 is 0 Å². The summed E-state index contributed by atoms with van der Waals surface area (Å²) in [7, 11) is 4.85. The minimum absolute atomic E-state index is 0.235. The standard InChI is InChI=1S/4C14H18N2O5/c4*1-21-14(20)11(7-9-5-3-2-4-6-9)16-13(19)10(15)8-12(17)18/h4*2-6,10-11H,7-8,15H2,1H3,(H,16,19)(H,17,18)/t4*10-,11-/m0000/s1. The maximum absolute atomic E-state index is 11.8. The minimum atomic E-state index is -1.22. The van der Waals surface area contributed by atoms with Crippen LogP contribution in [0, 0.1) is 0 Å². The summed E-state index contributed by atoms with van der Waals surface area (Å²) in [6.07, 6.45) is -1.09. The summed E-state index contributed by atoms with van der Waals surface area (Å²) in [5, 5.41) is 44.1. The molecule has 8 atom stereocenters. The number of hydrogen-bond acceptors (Lipinski definition) is 20. The Hall–Kier alpha value is -9.64. The molecule has 0 unspecified atom stereocenters. The van der Waals surface area contributed by atoms with E-state index in [1.165, 1.54) is 28.4 Å². The van der Waals surface area contributed by atoms with Crippen molar-refractivity contribution in [2.75, 3.05) is 28.4 Å². The molecular weight excluding hydrogens is 1100 g/mol. The highest BCUT2D eigenvalue weighted by molar-refractivity contribution is 5.92. The van der Waals surface area contributed by atoms with Gasteiger partial charge >= 0.3 is 47.8 Å². The van der Waals surface area contributed by atoms with E-state index in [1.54, 1.807) is 48.5 Å². The maximum atomic E-state index is 11.8. The highest BCUT2D eigenvalue weighted by atomic mass is 16.5. The van der Waals surface area contributed by atoms with Crippen LogP contribution in [0.2, 0.25) is 0 Å². The molecule has 0 spiro atoms. The van der Waals surface area contributed by atoms with Crippen LogP contribution in [0.4, 0.5) is 0 Å². The van der Waals surface area contributed by atoms with Crippen molar-refractivity contribution in [2.24, 2.45) is 22.9 Å². The SMILES string of the molecule is COC(=O)[C@H](Cc1ccccc1)NC(=O)[C@@H](N)CC(=O)O.COC(=O)[C@H](Cc1ccccc1)NC(=O)[C@@H](N)CC(=O)O.COC(=O)[C@H](Cc1ccccc1)NC(=O)[C@@H](N)CC(=O)O.COC(=O)[C@H](Cc1ccccc1)NC(=O)[C@@H](N)CC(=O)O. The third-order valence-corrected chi connectivity index (χ3v) is 11.3. The smallest absolute Gasteiger partial charge is 0.328 e. The summed E-state index contributed by atoms with van der Waals surface area (Å²) < 4.78 is 18.5. The monoisotopic (exact) mass is 1180 g/mol. The Morgan fingerprint density at radius 2 is 0.476 bits per heavy atom. The van der Waals surface area contributed by atoms with Crippen LogP contribution in [0.25, 0.3) is 0 Å². The van der Waals surface area contributed by atoms with E-state index in [0.717, 1.165) is 22.3 Å². The molecule has 16 N–H and O–H groups in total. The number of carbonyl (C=O) groups is 12. The molecule has 4 aromatic rings. The van der Waals surface area contributed by atoms with Gasteiger partial charge < -0.3 is 83.6 Å². The molecule has 0 aliphatic heterocycles. The number of nitrogens with two attached hydrogens (primary N) is 4. The lowest BCUT2D eigenvalue weighted by molar-refractivity contribution is -0.146. The van der Waals surface area contributed by atoms with Crippen molar-refractivity contribution in [2.45, 2.75) is 99.7 Å². The molecule has 0 saturated carbocycles. The van der Waals surface area contributed by atoms with Crippen LogP contribution in [0.1, 0.15) is 47.9 Å². The molecule has 0 saturated heterocycles. The van der Waals surface area contributed by atoms with Crippen LogP contribution in [-0.2, 0) is 102 Å². The topological polar surface area (TPSA) is 475 Å². The van der Waals surface area contributed by atoms with Crippen molar-refractivity contribution < 1.29 is 96.9 Å². The first kappa shape index (κ1) is 72.4. The van der Waals surface area contributed by atoms with Gasteiger partial charge in [-0.1, -0.05) is 121 Å². The van der Waals surface area contributed by atoms with Crippen molar-refractivity contribution in [1.29, 1.82) is 0 Å². The Bertz CT molecular complexity index is 2390. The fourth-order valence-corrected chi connectivity index (χ4v) is 6.98. The fourth-order valence-electron chi connectivity index (χ4n) is 6.98. The summed E-state index contributed by atoms with van der Waals surface area (Å²) in [5.41, 5.74) is 25.2. The van der Waals surface area contributed by atoms with Gasteiger partial charge in [0.2, 0.25) is 23.6 Å². The number of methoxy groups -OCH3 is 4. The summed E-state index contributed by atoms with van der Waals surface area (Å²) in [5.74, 6) is -10.0. The minimum Gasteiger partial charge on any atom is -0.481 e. The highest BCUT2D eigenvalue weighted by Crippen LogP contribution is 2.09. The fraction of sp³-hybridized carbons (Fsp3) is 0.357. The van der Waals surface area contributed by atoms with Crippen LogP contribution in [0.5, 0.6) is 0 Å². The van der Waals surface area contributed by atoms with Gasteiger partial charge in [0.15, 0.2) is 0 Å². The quantitative estimate of drug-likeness (QED) is 0.0234. The first-order valence-electron chi connectivity index (χ1n) is 25.3. The van der Waals surface area contributed by atoms with Gasteiger partial charge in [0, 0.05) is 25.7 Å². The van der Waals surface area contributed by atoms with Gasteiger partial charge in [-0.05, 0) is 22.3 Å². The van der Waals surface area contributed by atoms with E-state index >= 15 is 0 Å². The number of benzene rings is 4. The van der Waals surface area contributed by atoms with Gasteiger partial charge in [-0.25, -0.2) is 19.2 Å². The summed E-state index contributed by atoms with van der Waals surface area (Å²) in [6.45, 7) is 0. The van der Waals surface area contributed by atoms with Crippen LogP contribution in [0.15, 0.2) is 121 Å². The molecule has 84 heavy (non-hydrogen) atoms. The number of aliphatic carboxylic acids is 4. The maximum Gasteiger partial charge on any atom is 0.328 e. The molecule has 0 bridgehead atoms. The van der Waals surface area contributed by atoms with E-state index in [-0.39, 0.29) is 25.7 Å². The molecule has 0 radical (unpaired) electrons. The molecule has 0 aliphatic rings. The molecule has 28 nitrogen and oxygen atoms in total. The van der Waals surface area contributed by atoms with Gasteiger partial charge in [0.05, 0.1) is 78.3 Å². The summed E-state index contributed by atoms with van der Waals surface area (Å²) >= 11 is 0. The lowest BCUT2D eigenvalue weighted by Crippen LogP contribution is -2.50. The van der Waals surface area contributed by atoms with E-state index in [1.807, 2.05) is 72.8 Å². The Morgan fingerprint density at radius 3 is 0.607 bits per heavy atom. The number of nitrogens with one attached hydrogen (secondary N) is 4. The second-order valence-electron chi connectivity index (χ2n) is 17.9. The molecule has 456 valence electrons. The normalized spacial score (nSPS) is 13.0. The van der Waals surface area contributed by atoms with Gasteiger partial charge in [0.1, 0.15) is 24.2 Å². The number of carboxylic acids is 4. The van der Waals surface area contributed by atoms with E-state index < -0.39 is 145 Å². The van der Waals surface area contributed by atoms with Gasteiger partial charge in [-0.15, -0.1) is 0 Å². The number of carboxylic acid groups (broad SMARTS) is 4. The van der Waals surface area contributed by atoms with Gasteiger partial charge in [0.25, 0.3) is 0 Å². The third kappa shape index (κ3) is 30.3. The average molecular weight is 1180 g/mol. The van der Waals surface area contributed by atoms with Crippen molar-refractivity contribution in [1.82, 2.24) is 21.3 Å². The second-order valence-corrected chi connectivity index (χ2v) is 17.9. The Morgan fingerprint density at radius 1 is 0.321 bits per heavy atom. The zero-order valence-electron chi connectivity index (χ0n) is 46.5. The molecule has 0 fully saturated rings. The van der Waals surface area contributed by atoms with Crippen molar-refractivity contribution in [3.05, 3.63) is 144 Å². The third-order valence-electron chi connectivity index (χ3n) is 11.3. The Balaban J connectivity index is 0.000000560. The lowest BCUT2D eigenvalue weighted by atomic mass is 10.1. The van der Waals surface area contributed by atoms with E-state index in [4.69, 9.17) is 43.4 Å². The first-order chi connectivity index (χ1) is 39.7.